The van der Waals surface area contributed by atoms with Crippen molar-refractivity contribution in [3.8, 4) is 6.07 Å². The molecule has 4 rings (SSSR count). The van der Waals surface area contributed by atoms with E-state index in [9.17, 15) is 23.2 Å². The van der Waals surface area contributed by atoms with Crippen molar-refractivity contribution in [2.24, 2.45) is 11.8 Å². The Balaban J connectivity index is 1.43. The number of rotatable bonds is 3. The molecule has 0 aromatic carbocycles. The summed E-state index contributed by atoms with van der Waals surface area (Å²) in [5.41, 5.74) is 2.06. The molecule has 1 aliphatic heterocycles. The largest absolute Gasteiger partial charge is 0.405 e. The molecule has 0 bridgehead atoms. The first-order valence-electron chi connectivity index (χ1n) is 9.45. The maximum absolute atomic E-state index is 12.3. The van der Waals surface area contributed by atoms with Gasteiger partial charge in [-0.2, -0.15) is 18.4 Å². The summed E-state index contributed by atoms with van der Waals surface area (Å²) in [6.07, 6.45) is 0.586. The third-order valence-corrected chi connectivity index (χ3v) is 6.03. The standard InChI is InChI=1S/C19H21F3N6O/c1-27(16-13(6-23)7-25-17-15(16)2-3-24-17)14-4-11-8-28(9-12(11)5-14)18(29)26-10-19(20,21)22/h2-3,7,11-12,14H,4-5,8-10H2,1H3,(H,24,25)(H,26,29)/t11-,12+,14+. The van der Waals surface area contributed by atoms with Crippen molar-refractivity contribution >= 4 is 22.8 Å². The number of nitrogens with one attached hydrogen (secondary N) is 2. The van der Waals surface area contributed by atoms with Crippen molar-refractivity contribution in [1.29, 1.82) is 5.26 Å². The van der Waals surface area contributed by atoms with Gasteiger partial charge in [0.1, 0.15) is 18.3 Å². The van der Waals surface area contributed by atoms with E-state index in [4.69, 9.17) is 0 Å². The maximum atomic E-state index is 12.3. The van der Waals surface area contributed by atoms with E-state index >= 15 is 0 Å². The van der Waals surface area contributed by atoms with Crippen LogP contribution in [0.2, 0.25) is 0 Å². The minimum Gasteiger partial charge on any atom is -0.370 e. The number of fused-ring (bicyclic) bond motifs is 2. The molecule has 0 radical (unpaired) electrons. The zero-order valence-electron chi connectivity index (χ0n) is 15.8. The van der Waals surface area contributed by atoms with Crippen molar-refractivity contribution in [2.75, 3.05) is 31.6 Å². The van der Waals surface area contributed by atoms with Crippen molar-refractivity contribution in [1.82, 2.24) is 20.2 Å². The number of hydrogen-bond donors (Lipinski definition) is 2. The first-order chi connectivity index (χ1) is 13.8. The molecule has 154 valence electrons. The molecule has 3 heterocycles. The number of anilines is 1. The predicted molar refractivity (Wildman–Crippen MR) is 100 cm³/mol. The number of carbonyl (C=O) groups is 1. The van der Waals surface area contributed by atoms with Crippen LogP contribution in [-0.4, -0.2) is 59.8 Å². The Labute approximate surface area is 165 Å². The highest BCUT2D eigenvalue weighted by Crippen LogP contribution is 2.42. The monoisotopic (exact) mass is 406 g/mol. The van der Waals surface area contributed by atoms with Crippen LogP contribution in [0.15, 0.2) is 18.5 Å². The Bertz CT molecular complexity index is 951. The van der Waals surface area contributed by atoms with Crippen LogP contribution >= 0.6 is 0 Å². The summed E-state index contributed by atoms with van der Waals surface area (Å²) in [5, 5.41) is 12.4. The van der Waals surface area contributed by atoms with Crippen LogP contribution in [0.1, 0.15) is 18.4 Å². The van der Waals surface area contributed by atoms with Gasteiger partial charge in [0.2, 0.25) is 0 Å². The third-order valence-electron chi connectivity index (χ3n) is 6.03. The average molecular weight is 406 g/mol. The van der Waals surface area contributed by atoms with Crippen LogP contribution < -0.4 is 10.2 Å². The lowest BCUT2D eigenvalue weighted by atomic mass is 10.0. The van der Waals surface area contributed by atoms with Gasteiger partial charge in [-0.15, -0.1) is 0 Å². The molecule has 2 aromatic heterocycles. The number of hydrogen-bond acceptors (Lipinski definition) is 4. The van der Waals surface area contributed by atoms with Gasteiger partial charge in [-0.3, -0.25) is 0 Å². The molecule has 10 heteroatoms. The van der Waals surface area contributed by atoms with E-state index in [-0.39, 0.29) is 17.9 Å². The van der Waals surface area contributed by atoms with Gasteiger partial charge >= 0.3 is 12.2 Å². The van der Waals surface area contributed by atoms with Gasteiger partial charge in [0.15, 0.2) is 0 Å². The number of amides is 2. The number of alkyl halides is 3. The van der Waals surface area contributed by atoms with Gasteiger partial charge < -0.3 is 20.1 Å². The fraction of sp³-hybridized carbons (Fsp3) is 0.526. The molecule has 2 aliphatic rings. The van der Waals surface area contributed by atoms with E-state index < -0.39 is 18.8 Å². The number of nitriles is 1. The highest BCUT2D eigenvalue weighted by atomic mass is 19.4. The van der Waals surface area contributed by atoms with Crippen molar-refractivity contribution in [3.05, 3.63) is 24.0 Å². The topological polar surface area (TPSA) is 88.1 Å². The molecule has 2 fully saturated rings. The number of urea groups is 1. The summed E-state index contributed by atoms with van der Waals surface area (Å²) >= 11 is 0. The second kappa shape index (κ2) is 7.13. The number of likely N-dealkylation sites (tertiary alicyclic amines) is 1. The normalized spacial score (nSPS) is 23.8. The molecule has 7 nitrogen and oxygen atoms in total. The minimum absolute atomic E-state index is 0.193. The smallest absolute Gasteiger partial charge is 0.370 e. The summed E-state index contributed by atoms with van der Waals surface area (Å²) in [7, 11) is 1.96. The Morgan fingerprint density at radius 2 is 2.10 bits per heavy atom. The Morgan fingerprint density at radius 3 is 2.72 bits per heavy atom. The van der Waals surface area contributed by atoms with E-state index in [0.717, 1.165) is 29.6 Å². The summed E-state index contributed by atoms with van der Waals surface area (Å²) < 4.78 is 36.9. The number of carbonyl (C=O) groups excluding carboxylic acids is 1. The lowest BCUT2D eigenvalue weighted by Crippen LogP contribution is -2.43. The van der Waals surface area contributed by atoms with Gasteiger partial charge in [0, 0.05) is 44.0 Å². The van der Waals surface area contributed by atoms with E-state index in [1.807, 2.05) is 18.4 Å². The molecule has 3 atom stereocenters. The van der Waals surface area contributed by atoms with Crippen LogP contribution in [-0.2, 0) is 0 Å². The molecular weight excluding hydrogens is 385 g/mol. The molecule has 29 heavy (non-hydrogen) atoms. The quantitative estimate of drug-likeness (QED) is 0.821. The molecule has 1 aliphatic carbocycles. The summed E-state index contributed by atoms with van der Waals surface area (Å²) in [4.78, 5) is 22.9. The Hall–Kier alpha value is -2.96. The van der Waals surface area contributed by atoms with Crippen LogP contribution in [0.25, 0.3) is 11.0 Å². The highest BCUT2D eigenvalue weighted by molar-refractivity contribution is 5.93. The molecule has 1 saturated heterocycles. The first kappa shape index (κ1) is 19.4. The van der Waals surface area contributed by atoms with Gasteiger partial charge in [-0.05, 0) is 30.7 Å². The van der Waals surface area contributed by atoms with E-state index in [1.54, 1.807) is 12.4 Å². The van der Waals surface area contributed by atoms with Crippen molar-refractivity contribution < 1.29 is 18.0 Å². The second-order valence-corrected chi connectivity index (χ2v) is 7.81. The number of pyridine rings is 1. The molecular formula is C19H21F3N6O. The molecule has 2 aromatic rings. The van der Waals surface area contributed by atoms with Crippen LogP contribution in [0, 0.1) is 23.2 Å². The fourth-order valence-electron chi connectivity index (χ4n) is 4.68. The van der Waals surface area contributed by atoms with Gasteiger partial charge in [0.05, 0.1) is 11.3 Å². The molecule has 0 spiro atoms. The van der Waals surface area contributed by atoms with Crippen molar-refractivity contribution in [3.63, 3.8) is 0 Å². The van der Waals surface area contributed by atoms with E-state index in [0.29, 0.717) is 18.7 Å². The molecule has 1 saturated carbocycles. The van der Waals surface area contributed by atoms with Gasteiger partial charge in [0.25, 0.3) is 0 Å². The van der Waals surface area contributed by atoms with Crippen LogP contribution in [0.5, 0.6) is 0 Å². The molecule has 0 unspecified atom stereocenters. The number of aromatic amines is 1. The first-order valence-corrected chi connectivity index (χ1v) is 9.45. The Kier molecular flexibility index (Phi) is 4.76. The molecule has 2 N–H and O–H groups in total. The zero-order chi connectivity index (χ0) is 20.8. The van der Waals surface area contributed by atoms with Crippen LogP contribution in [0.4, 0.5) is 23.7 Å². The zero-order valence-corrected chi connectivity index (χ0v) is 15.8. The van der Waals surface area contributed by atoms with E-state index in [2.05, 4.69) is 20.9 Å². The predicted octanol–water partition coefficient (Wildman–Crippen LogP) is 2.85. The molecule has 2 amide bonds. The third kappa shape index (κ3) is 3.69. The number of nitrogens with zero attached hydrogens (tertiary/aromatic N) is 4. The summed E-state index contributed by atoms with van der Waals surface area (Å²) in [5.74, 6) is 0.487. The van der Waals surface area contributed by atoms with Crippen molar-refractivity contribution in [2.45, 2.75) is 25.1 Å². The SMILES string of the molecule is CN(c1c(C#N)cnc2[nH]ccc12)[C@H]1C[C@@H]2CN(C(=O)NCC(F)(F)F)C[C@@H]2C1. The number of halogens is 3. The summed E-state index contributed by atoms with van der Waals surface area (Å²) in [6, 6.07) is 3.65. The minimum atomic E-state index is -4.41. The van der Waals surface area contributed by atoms with E-state index in [1.165, 1.54) is 4.90 Å². The number of H-pyrrole nitrogens is 1. The number of aromatic nitrogens is 2. The highest BCUT2D eigenvalue weighted by Gasteiger charge is 2.44. The summed E-state index contributed by atoms with van der Waals surface area (Å²) in [6.45, 7) is -0.395. The van der Waals surface area contributed by atoms with Gasteiger partial charge in [-0.25, -0.2) is 9.78 Å². The Morgan fingerprint density at radius 1 is 1.41 bits per heavy atom. The second-order valence-electron chi connectivity index (χ2n) is 7.81. The van der Waals surface area contributed by atoms with Gasteiger partial charge in [-0.1, -0.05) is 0 Å². The average Bonchev–Trinajstić information content (AvgIpc) is 3.37. The van der Waals surface area contributed by atoms with Crippen LogP contribution in [0.3, 0.4) is 0 Å². The lowest BCUT2D eigenvalue weighted by molar-refractivity contribution is -0.123. The fourth-order valence-corrected chi connectivity index (χ4v) is 4.68. The lowest BCUT2D eigenvalue weighted by Gasteiger charge is -2.29. The maximum Gasteiger partial charge on any atom is 0.405 e.